The van der Waals surface area contributed by atoms with E-state index in [0.29, 0.717) is 0 Å². The van der Waals surface area contributed by atoms with Crippen molar-refractivity contribution in [3.05, 3.63) is 18.0 Å². The summed E-state index contributed by atoms with van der Waals surface area (Å²) in [7, 11) is 1.69. The van der Waals surface area contributed by atoms with E-state index < -0.39 is 0 Å². The highest BCUT2D eigenvalue weighted by atomic mass is 16.5. The Kier molecular flexibility index (Phi) is 6.55. The number of ether oxygens (including phenoxy) is 1. The third-order valence-corrected chi connectivity index (χ3v) is 3.35. The van der Waals surface area contributed by atoms with Gasteiger partial charge in [-0.15, -0.1) is 0 Å². The summed E-state index contributed by atoms with van der Waals surface area (Å²) in [6.07, 6.45) is 6.89. The van der Waals surface area contributed by atoms with Crippen molar-refractivity contribution in [1.29, 1.82) is 0 Å². The van der Waals surface area contributed by atoms with Crippen molar-refractivity contribution in [3.63, 3.8) is 0 Å². The smallest absolute Gasteiger partial charge is 0.160 e. The predicted octanol–water partition coefficient (Wildman–Crippen LogP) is 4.03. The predicted molar refractivity (Wildman–Crippen MR) is 77.3 cm³/mol. The van der Waals surface area contributed by atoms with Gasteiger partial charge in [-0.3, -0.25) is 4.98 Å². The van der Waals surface area contributed by atoms with E-state index in [1.165, 1.54) is 25.7 Å². The van der Waals surface area contributed by atoms with E-state index in [0.717, 1.165) is 29.6 Å². The number of nitrogens with one attached hydrogen (secondary N) is 1. The lowest BCUT2D eigenvalue weighted by Gasteiger charge is -2.17. The molecule has 0 bridgehead atoms. The molecule has 0 aliphatic rings. The van der Waals surface area contributed by atoms with Crippen LogP contribution >= 0.6 is 0 Å². The molecule has 3 heteroatoms. The van der Waals surface area contributed by atoms with Gasteiger partial charge < -0.3 is 10.1 Å². The van der Waals surface area contributed by atoms with Crippen molar-refractivity contribution in [1.82, 2.24) is 4.98 Å². The van der Waals surface area contributed by atoms with Crippen LogP contribution in [0.25, 0.3) is 0 Å². The number of aromatic nitrogens is 1. The van der Waals surface area contributed by atoms with Crippen LogP contribution in [0.5, 0.6) is 5.75 Å². The first-order chi connectivity index (χ1) is 8.71. The molecule has 102 valence electrons. The average molecular weight is 250 g/mol. The Morgan fingerprint density at radius 3 is 2.78 bits per heavy atom. The normalized spacial score (nSPS) is 12.2. The molecule has 1 aromatic rings. The van der Waals surface area contributed by atoms with Gasteiger partial charge in [0, 0.05) is 12.2 Å². The van der Waals surface area contributed by atoms with Crippen molar-refractivity contribution < 1.29 is 4.74 Å². The van der Waals surface area contributed by atoms with Gasteiger partial charge in [0.25, 0.3) is 0 Å². The minimum absolute atomic E-state index is 0.739. The Labute approximate surface area is 111 Å². The average Bonchev–Trinajstić information content (AvgIpc) is 2.39. The van der Waals surface area contributed by atoms with Crippen molar-refractivity contribution in [2.24, 2.45) is 5.92 Å². The minimum Gasteiger partial charge on any atom is -0.493 e. The third kappa shape index (κ3) is 4.55. The lowest BCUT2D eigenvalue weighted by Crippen LogP contribution is -2.14. The first-order valence-corrected chi connectivity index (χ1v) is 6.95. The molecule has 0 radical (unpaired) electrons. The van der Waals surface area contributed by atoms with Crippen LogP contribution in [-0.2, 0) is 0 Å². The molecule has 0 amide bonds. The van der Waals surface area contributed by atoms with E-state index in [4.69, 9.17) is 4.74 Å². The van der Waals surface area contributed by atoms with Crippen LogP contribution < -0.4 is 10.1 Å². The zero-order valence-electron chi connectivity index (χ0n) is 12.1. The topological polar surface area (TPSA) is 34.2 Å². The first kappa shape index (κ1) is 14.8. The first-order valence-electron chi connectivity index (χ1n) is 6.95. The number of hydrogen-bond donors (Lipinski definition) is 1. The van der Waals surface area contributed by atoms with Gasteiger partial charge in [-0.1, -0.05) is 33.1 Å². The molecule has 0 aliphatic carbocycles. The summed E-state index contributed by atoms with van der Waals surface area (Å²) in [4.78, 5) is 4.24. The van der Waals surface area contributed by atoms with E-state index in [-0.39, 0.29) is 0 Å². The van der Waals surface area contributed by atoms with Crippen LogP contribution in [0.3, 0.4) is 0 Å². The van der Waals surface area contributed by atoms with Crippen LogP contribution in [0.4, 0.5) is 5.69 Å². The van der Waals surface area contributed by atoms with Gasteiger partial charge in [-0.25, -0.2) is 0 Å². The van der Waals surface area contributed by atoms with Crippen molar-refractivity contribution >= 4 is 5.69 Å². The zero-order chi connectivity index (χ0) is 13.4. The van der Waals surface area contributed by atoms with Crippen molar-refractivity contribution in [3.8, 4) is 5.75 Å². The fourth-order valence-electron chi connectivity index (χ4n) is 2.05. The second kappa shape index (κ2) is 7.96. The van der Waals surface area contributed by atoms with E-state index in [1.807, 2.05) is 13.0 Å². The largest absolute Gasteiger partial charge is 0.493 e. The number of unbranched alkanes of at least 4 members (excludes halogenated alkanes) is 1. The van der Waals surface area contributed by atoms with Gasteiger partial charge >= 0.3 is 0 Å². The molecular formula is C15H26N2O. The summed E-state index contributed by atoms with van der Waals surface area (Å²) in [6, 6.07) is 2.05. The number of methoxy groups -OCH3 is 1. The van der Waals surface area contributed by atoms with Gasteiger partial charge in [-0.05, 0) is 25.3 Å². The highest BCUT2D eigenvalue weighted by Gasteiger charge is 2.08. The molecule has 0 aliphatic heterocycles. The Bertz CT molecular complexity index is 352. The molecule has 0 fully saturated rings. The van der Waals surface area contributed by atoms with E-state index in [9.17, 15) is 0 Å². The van der Waals surface area contributed by atoms with Gasteiger partial charge in [0.1, 0.15) is 0 Å². The molecule has 0 aromatic carbocycles. The standard InChI is InChI=1S/C15H26N2O/c1-5-7-8-13(6-2)10-17-14-9-12(3)16-11-15(14)18-4/h9,11,13H,5-8,10H2,1-4H3,(H,16,17). The molecule has 18 heavy (non-hydrogen) atoms. The summed E-state index contributed by atoms with van der Waals surface area (Å²) in [5.74, 6) is 1.56. The summed E-state index contributed by atoms with van der Waals surface area (Å²) in [5, 5.41) is 3.50. The van der Waals surface area contributed by atoms with E-state index in [2.05, 4.69) is 24.1 Å². The molecule has 1 atom stereocenters. The Morgan fingerprint density at radius 1 is 1.39 bits per heavy atom. The zero-order valence-corrected chi connectivity index (χ0v) is 12.1. The van der Waals surface area contributed by atoms with Crippen LogP contribution in [0.2, 0.25) is 0 Å². The SMILES string of the molecule is CCCCC(CC)CNc1cc(C)ncc1OC. The molecule has 1 N–H and O–H groups in total. The number of aryl methyl sites for hydroxylation is 1. The lowest BCUT2D eigenvalue weighted by molar-refractivity contribution is 0.413. The fourth-order valence-corrected chi connectivity index (χ4v) is 2.05. The highest BCUT2D eigenvalue weighted by Crippen LogP contribution is 2.24. The van der Waals surface area contributed by atoms with Crippen molar-refractivity contribution in [2.45, 2.75) is 46.5 Å². The second-order valence-electron chi connectivity index (χ2n) is 4.82. The molecule has 3 nitrogen and oxygen atoms in total. The molecule has 1 rings (SSSR count). The van der Waals surface area contributed by atoms with Crippen LogP contribution in [-0.4, -0.2) is 18.6 Å². The molecule has 0 spiro atoms. The maximum absolute atomic E-state index is 5.32. The highest BCUT2D eigenvalue weighted by molar-refractivity contribution is 5.55. The van der Waals surface area contributed by atoms with Crippen LogP contribution in [0.1, 0.15) is 45.2 Å². The number of pyridine rings is 1. The molecular weight excluding hydrogens is 224 g/mol. The second-order valence-corrected chi connectivity index (χ2v) is 4.82. The van der Waals surface area contributed by atoms with Gasteiger partial charge in [0.15, 0.2) is 5.75 Å². The summed E-state index contributed by atoms with van der Waals surface area (Å²) < 4.78 is 5.32. The van der Waals surface area contributed by atoms with Crippen LogP contribution in [0, 0.1) is 12.8 Å². The van der Waals surface area contributed by atoms with Crippen molar-refractivity contribution in [2.75, 3.05) is 19.0 Å². The monoisotopic (exact) mass is 250 g/mol. The number of hydrogen-bond acceptors (Lipinski definition) is 3. The molecule has 0 saturated carbocycles. The lowest BCUT2D eigenvalue weighted by atomic mass is 9.99. The van der Waals surface area contributed by atoms with Gasteiger partial charge in [-0.2, -0.15) is 0 Å². The Balaban J connectivity index is 2.57. The number of anilines is 1. The van der Waals surface area contributed by atoms with E-state index in [1.54, 1.807) is 13.3 Å². The maximum Gasteiger partial charge on any atom is 0.160 e. The minimum atomic E-state index is 0.739. The molecule has 1 unspecified atom stereocenters. The maximum atomic E-state index is 5.32. The third-order valence-electron chi connectivity index (χ3n) is 3.35. The summed E-state index contributed by atoms with van der Waals surface area (Å²) >= 11 is 0. The molecule has 0 saturated heterocycles. The molecule has 1 heterocycles. The van der Waals surface area contributed by atoms with E-state index >= 15 is 0 Å². The Hall–Kier alpha value is -1.25. The summed E-state index contributed by atoms with van der Waals surface area (Å²) in [6.45, 7) is 7.52. The van der Waals surface area contributed by atoms with Gasteiger partial charge in [0.2, 0.25) is 0 Å². The summed E-state index contributed by atoms with van der Waals surface area (Å²) in [5.41, 5.74) is 2.07. The fraction of sp³-hybridized carbons (Fsp3) is 0.667. The number of rotatable bonds is 8. The quantitative estimate of drug-likeness (QED) is 0.756. The van der Waals surface area contributed by atoms with Gasteiger partial charge in [0.05, 0.1) is 19.0 Å². The van der Waals surface area contributed by atoms with Crippen LogP contribution in [0.15, 0.2) is 12.3 Å². The Morgan fingerprint density at radius 2 is 2.17 bits per heavy atom. The number of nitrogens with zero attached hydrogens (tertiary/aromatic N) is 1. The molecule has 1 aromatic heterocycles.